The Hall–Kier alpha value is -3.41. The number of aromatic carboxylic acids is 1. The van der Waals surface area contributed by atoms with Crippen LogP contribution in [0.25, 0.3) is 22.5 Å². The first kappa shape index (κ1) is 14.2. The van der Waals surface area contributed by atoms with E-state index >= 15 is 0 Å². The minimum atomic E-state index is -1.07. The van der Waals surface area contributed by atoms with E-state index in [1.807, 2.05) is 34.9 Å². The van der Waals surface area contributed by atoms with Crippen LogP contribution < -0.4 is 0 Å². The third-order valence-corrected chi connectivity index (χ3v) is 3.85. The molecule has 6 heteroatoms. The SMILES string of the molecule is O=C(O)c1ccn(-c2ccc3ccc(-c4ccc(F)cc4)cn23)n1. The molecule has 4 aromatic rings. The van der Waals surface area contributed by atoms with Crippen LogP contribution in [0.1, 0.15) is 10.5 Å². The number of aromatic nitrogens is 3. The van der Waals surface area contributed by atoms with Crippen molar-refractivity contribution in [2.75, 3.05) is 0 Å². The van der Waals surface area contributed by atoms with Gasteiger partial charge in [0.05, 0.1) is 0 Å². The average Bonchev–Trinajstić information content (AvgIpc) is 3.21. The molecule has 0 aliphatic rings. The minimum absolute atomic E-state index is 0.0142. The lowest BCUT2D eigenvalue weighted by atomic mass is 10.1. The van der Waals surface area contributed by atoms with Crippen molar-refractivity contribution in [3.8, 4) is 16.9 Å². The largest absolute Gasteiger partial charge is 0.476 e. The fourth-order valence-electron chi connectivity index (χ4n) is 2.65. The van der Waals surface area contributed by atoms with Gasteiger partial charge in [-0.3, -0.25) is 0 Å². The molecular weight excluding hydrogens is 309 g/mol. The summed E-state index contributed by atoms with van der Waals surface area (Å²) in [5, 5.41) is 13.1. The maximum Gasteiger partial charge on any atom is 0.356 e. The van der Waals surface area contributed by atoms with Crippen LogP contribution in [0, 0.1) is 5.82 Å². The highest BCUT2D eigenvalue weighted by atomic mass is 19.1. The van der Waals surface area contributed by atoms with Gasteiger partial charge in [0, 0.05) is 17.9 Å². The van der Waals surface area contributed by atoms with E-state index in [1.165, 1.54) is 22.9 Å². The van der Waals surface area contributed by atoms with Crippen LogP contribution >= 0.6 is 0 Å². The molecule has 3 aromatic heterocycles. The molecule has 0 saturated carbocycles. The molecule has 0 saturated heterocycles. The molecule has 0 fully saturated rings. The molecule has 0 aliphatic carbocycles. The fraction of sp³-hybridized carbons (Fsp3) is 0. The molecule has 4 rings (SSSR count). The molecule has 3 heterocycles. The molecule has 0 radical (unpaired) electrons. The fourth-order valence-corrected chi connectivity index (χ4v) is 2.65. The van der Waals surface area contributed by atoms with Crippen LogP contribution in [-0.4, -0.2) is 25.3 Å². The Labute approximate surface area is 136 Å². The van der Waals surface area contributed by atoms with Gasteiger partial charge in [-0.1, -0.05) is 18.2 Å². The molecular formula is C18H12FN3O2. The number of hydrogen-bond acceptors (Lipinski definition) is 2. The van der Waals surface area contributed by atoms with Gasteiger partial charge >= 0.3 is 5.97 Å². The quantitative estimate of drug-likeness (QED) is 0.627. The smallest absolute Gasteiger partial charge is 0.356 e. The highest BCUT2D eigenvalue weighted by Crippen LogP contribution is 2.23. The topological polar surface area (TPSA) is 59.5 Å². The molecule has 0 bridgehead atoms. The van der Waals surface area contributed by atoms with Gasteiger partial charge in [0.25, 0.3) is 0 Å². The lowest BCUT2D eigenvalue weighted by molar-refractivity contribution is 0.0690. The van der Waals surface area contributed by atoms with E-state index < -0.39 is 5.97 Å². The van der Waals surface area contributed by atoms with Gasteiger partial charge in [0.15, 0.2) is 5.69 Å². The van der Waals surface area contributed by atoms with Gasteiger partial charge in [-0.25, -0.2) is 13.9 Å². The molecule has 0 atom stereocenters. The first-order valence-corrected chi connectivity index (χ1v) is 7.28. The molecule has 0 unspecified atom stereocenters. The Bertz CT molecular complexity index is 1050. The Morgan fingerprint density at radius 2 is 1.67 bits per heavy atom. The van der Waals surface area contributed by atoms with Gasteiger partial charge in [0.2, 0.25) is 0 Å². The minimum Gasteiger partial charge on any atom is -0.476 e. The lowest BCUT2D eigenvalue weighted by Gasteiger charge is -2.07. The summed E-state index contributed by atoms with van der Waals surface area (Å²) in [6, 6.07) is 15.4. The summed E-state index contributed by atoms with van der Waals surface area (Å²) >= 11 is 0. The number of benzene rings is 1. The summed E-state index contributed by atoms with van der Waals surface area (Å²) in [6.45, 7) is 0. The number of carboxylic acids is 1. The third kappa shape index (κ3) is 2.34. The number of rotatable bonds is 3. The summed E-state index contributed by atoms with van der Waals surface area (Å²) < 4.78 is 16.5. The van der Waals surface area contributed by atoms with Gasteiger partial charge in [-0.05, 0) is 47.5 Å². The summed E-state index contributed by atoms with van der Waals surface area (Å²) in [7, 11) is 0. The third-order valence-electron chi connectivity index (χ3n) is 3.85. The van der Waals surface area contributed by atoms with E-state index in [9.17, 15) is 9.18 Å². The van der Waals surface area contributed by atoms with Crippen LogP contribution in [0.4, 0.5) is 4.39 Å². The summed E-state index contributed by atoms with van der Waals surface area (Å²) in [5.74, 6) is -0.623. The van der Waals surface area contributed by atoms with Crippen molar-refractivity contribution >= 4 is 11.5 Å². The second-order valence-electron chi connectivity index (χ2n) is 5.36. The molecule has 0 spiro atoms. The number of carboxylic acid groups (broad SMARTS) is 1. The summed E-state index contributed by atoms with van der Waals surface area (Å²) in [5.41, 5.74) is 2.75. The number of nitrogens with zero attached hydrogens (tertiary/aromatic N) is 3. The maximum absolute atomic E-state index is 13.1. The number of halogens is 1. The van der Waals surface area contributed by atoms with Crippen molar-refractivity contribution in [1.82, 2.24) is 14.2 Å². The standard InChI is InChI=1S/C18H12FN3O2/c19-14-4-1-12(2-5-14)13-3-6-15-7-8-17(21(15)11-13)22-10-9-16(20-22)18(23)24/h1-11H,(H,23,24). The molecule has 24 heavy (non-hydrogen) atoms. The normalized spacial score (nSPS) is 11.0. The van der Waals surface area contributed by atoms with Gasteiger partial charge in [0.1, 0.15) is 11.6 Å². The molecule has 5 nitrogen and oxygen atoms in total. The van der Waals surface area contributed by atoms with E-state index in [-0.39, 0.29) is 11.5 Å². The number of carbonyl (C=O) groups is 1. The van der Waals surface area contributed by atoms with Crippen molar-refractivity contribution in [3.63, 3.8) is 0 Å². The molecule has 118 valence electrons. The van der Waals surface area contributed by atoms with E-state index in [0.717, 1.165) is 22.5 Å². The first-order chi connectivity index (χ1) is 11.6. The van der Waals surface area contributed by atoms with Gasteiger partial charge in [-0.2, -0.15) is 5.10 Å². The Morgan fingerprint density at radius 3 is 2.38 bits per heavy atom. The van der Waals surface area contributed by atoms with Crippen molar-refractivity contribution in [2.45, 2.75) is 0 Å². The zero-order valence-electron chi connectivity index (χ0n) is 12.4. The highest BCUT2D eigenvalue weighted by Gasteiger charge is 2.11. The van der Waals surface area contributed by atoms with Crippen molar-refractivity contribution in [2.24, 2.45) is 0 Å². The second-order valence-corrected chi connectivity index (χ2v) is 5.36. The predicted octanol–water partition coefficient (Wildman–Crippen LogP) is 3.63. The lowest BCUT2D eigenvalue weighted by Crippen LogP contribution is -2.03. The van der Waals surface area contributed by atoms with E-state index in [1.54, 1.807) is 18.3 Å². The zero-order valence-corrected chi connectivity index (χ0v) is 12.4. The van der Waals surface area contributed by atoms with Gasteiger partial charge in [-0.15, -0.1) is 0 Å². The number of pyridine rings is 1. The average molecular weight is 321 g/mol. The summed E-state index contributed by atoms with van der Waals surface area (Å²) in [6.07, 6.45) is 3.52. The van der Waals surface area contributed by atoms with Crippen molar-refractivity contribution < 1.29 is 14.3 Å². The molecule has 1 aromatic carbocycles. The molecule has 0 amide bonds. The van der Waals surface area contributed by atoms with Crippen LogP contribution in [0.15, 0.2) is 67.0 Å². The second kappa shape index (κ2) is 5.34. The number of fused-ring (bicyclic) bond motifs is 1. The van der Waals surface area contributed by atoms with Crippen LogP contribution in [0.3, 0.4) is 0 Å². The monoisotopic (exact) mass is 321 g/mol. The van der Waals surface area contributed by atoms with Crippen LogP contribution in [0.2, 0.25) is 0 Å². The van der Waals surface area contributed by atoms with Gasteiger partial charge < -0.3 is 9.51 Å². The van der Waals surface area contributed by atoms with Crippen LogP contribution in [-0.2, 0) is 0 Å². The van der Waals surface area contributed by atoms with Crippen LogP contribution in [0.5, 0.6) is 0 Å². The van der Waals surface area contributed by atoms with E-state index in [4.69, 9.17) is 5.11 Å². The Morgan fingerprint density at radius 1 is 0.958 bits per heavy atom. The first-order valence-electron chi connectivity index (χ1n) is 7.28. The van der Waals surface area contributed by atoms with Crippen molar-refractivity contribution in [3.05, 3.63) is 78.5 Å². The highest BCUT2D eigenvalue weighted by molar-refractivity contribution is 5.85. The predicted molar refractivity (Wildman–Crippen MR) is 86.9 cm³/mol. The summed E-state index contributed by atoms with van der Waals surface area (Å²) in [4.78, 5) is 11.0. The maximum atomic E-state index is 13.1. The van der Waals surface area contributed by atoms with E-state index in [0.29, 0.717) is 0 Å². The van der Waals surface area contributed by atoms with E-state index in [2.05, 4.69) is 5.10 Å². The molecule has 1 N–H and O–H groups in total. The Kier molecular flexibility index (Phi) is 3.16. The zero-order chi connectivity index (χ0) is 16.7. The Balaban J connectivity index is 1.83. The molecule has 0 aliphatic heterocycles. The number of hydrogen-bond donors (Lipinski definition) is 1. The van der Waals surface area contributed by atoms with Crippen molar-refractivity contribution in [1.29, 1.82) is 0 Å².